The molecule has 1 saturated heterocycles. The van der Waals surface area contributed by atoms with Crippen molar-refractivity contribution in [1.82, 2.24) is 5.32 Å². The Hall–Kier alpha value is -1.35. The highest BCUT2D eigenvalue weighted by Crippen LogP contribution is 2.35. The number of aryl methyl sites for hydroxylation is 1. The molecule has 0 radical (unpaired) electrons. The lowest BCUT2D eigenvalue weighted by atomic mass is 9.83. The summed E-state index contributed by atoms with van der Waals surface area (Å²) in [6, 6.07) is 4.64. The van der Waals surface area contributed by atoms with Gasteiger partial charge >= 0.3 is 5.97 Å². The average Bonchev–Trinajstić information content (AvgIpc) is 2.89. The van der Waals surface area contributed by atoms with E-state index in [2.05, 4.69) is 24.4 Å². The molecule has 3 rings (SSSR count). The summed E-state index contributed by atoms with van der Waals surface area (Å²) in [7, 11) is 0. The van der Waals surface area contributed by atoms with E-state index in [1.165, 1.54) is 41.5 Å². The van der Waals surface area contributed by atoms with Gasteiger partial charge in [-0.3, -0.25) is 4.79 Å². The molecule has 2 unspecified atom stereocenters. The van der Waals surface area contributed by atoms with Crippen molar-refractivity contribution in [3.63, 3.8) is 0 Å². The van der Waals surface area contributed by atoms with Gasteiger partial charge in [-0.25, -0.2) is 0 Å². The second-order valence-corrected chi connectivity index (χ2v) is 5.87. The third-order valence-electron chi connectivity index (χ3n) is 4.66. The molecule has 1 heterocycles. The van der Waals surface area contributed by atoms with E-state index in [0.29, 0.717) is 6.54 Å². The highest BCUT2D eigenvalue weighted by atomic mass is 16.4. The summed E-state index contributed by atoms with van der Waals surface area (Å²) in [5.74, 6) is -0.901. The Kier molecular flexibility index (Phi) is 3.31. The molecule has 0 aromatic heterocycles. The zero-order valence-corrected chi connectivity index (χ0v) is 11.4. The molecule has 19 heavy (non-hydrogen) atoms. The minimum absolute atomic E-state index is 0.230. The lowest BCUT2D eigenvalue weighted by Gasteiger charge is -2.24. The third-order valence-corrected chi connectivity index (χ3v) is 4.66. The zero-order chi connectivity index (χ0) is 13.4. The van der Waals surface area contributed by atoms with Gasteiger partial charge in [-0.15, -0.1) is 0 Å². The fourth-order valence-electron chi connectivity index (χ4n) is 3.56. The first kappa shape index (κ1) is 12.7. The van der Waals surface area contributed by atoms with Crippen molar-refractivity contribution < 1.29 is 9.90 Å². The standard InChI is InChI=1S/C16H21NO2/c1-10-6-7-14(13-5-3-2-4-12(10)13)15-8-11(9-17-15)16(18)19/h6-7,11,15,17H,2-5,8-9H2,1H3,(H,18,19). The molecule has 102 valence electrons. The fraction of sp³-hybridized carbons (Fsp3) is 0.562. The lowest BCUT2D eigenvalue weighted by Crippen LogP contribution is -2.19. The Labute approximate surface area is 114 Å². The van der Waals surface area contributed by atoms with Gasteiger partial charge in [0.05, 0.1) is 5.92 Å². The molecule has 3 heteroatoms. The third kappa shape index (κ3) is 2.27. The van der Waals surface area contributed by atoms with E-state index >= 15 is 0 Å². The second kappa shape index (κ2) is 4.97. The van der Waals surface area contributed by atoms with Gasteiger partial charge in [0.1, 0.15) is 0 Å². The van der Waals surface area contributed by atoms with Gasteiger partial charge in [0.15, 0.2) is 0 Å². The molecule has 0 bridgehead atoms. The monoisotopic (exact) mass is 259 g/mol. The average molecular weight is 259 g/mol. The molecule has 0 spiro atoms. The van der Waals surface area contributed by atoms with Crippen LogP contribution in [0.3, 0.4) is 0 Å². The Morgan fingerprint density at radius 3 is 2.68 bits per heavy atom. The Morgan fingerprint density at radius 1 is 1.26 bits per heavy atom. The topological polar surface area (TPSA) is 49.3 Å². The van der Waals surface area contributed by atoms with Gasteiger partial charge in [0, 0.05) is 12.6 Å². The van der Waals surface area contributed by atoms with Crippen LogP contribution in [-0.2, 0) is 17.6 Å². The minimum atomic E-state index is -0.670. The first-order valence-electron chi connectivity index (χ1n) is 7.24. The molecule has 1 fully saturated rings. The number of benzene rings is 1. The highest BCUT2D eigenvalue weighted by molar-refractivity contribution is 5.71. The quantitative estimate of drug-likeness (QED) is 0.858. The number of rotatable bonds is 2. The van der Waals surface area contributed by atoms with Crippen LogP contribution in [0.25, 0.3) is 0 Å². The molecule has 3 nitrogen and oxygen atoms in total. The minimum Gasteiger partial charge on any atom is -0.481 e. The first-order valence-corrected chi connectivity index (χ1v) is 7.24. The molecule has 1 aromatic carbocycles. The number of hydrogen-bond acceptors (Lipinski definition) is 2. The Balaban J connectivity index is 1.92. The van der Waals surface area contributed by atoms with E-state index in [9.17, 15) is 4.79 Å². The number of fused-ring (bicyclic) bond motifs is 1. The molecule has 1 aromatic rings. The van der Waals surface area contributed by atoms with Crippen LogP contribution < -0.4 is 5.32 Å². The largest absolute Gasteiger partial charge is 0.481 e. The van der Waals surface area contributed by atoms with Crippen LogP contribution in [-0.4, -0.2) is 17.6 Å². The van der Waals surface area contributed by atoms with Gasteiger partial charge in [-0.2, -0.15) is 0 Å². The van der Waals surface area contributed by atoms with Crippen LogP contribution in [0.15, 0.2) is 12.1 Å². The van der Waals surface area contributed by atoms with Gasteiger partial charge in [0.25, 0.3) is 0 Å². The molecule has 1 aliphatic heterocycles. The Morgan fingerprint density at radius 2 is 2.00 bits per heavy atom. The first-order chi connectivity index (χ1) is 9.16. The van der Waals surface area contributed by atoms with Crippen LogP contribution >= 0.6 is 0 Å². The van der Waals surface area contributed by atoms with E-state index in [4.69, 9.17) is 5.11 Å². The number of hydrogen-bond donors (Lipinski definition) is 2. The zero-order valence-electron chi connectivity index (χ0n) is 11.4. The molecule has 0 amide bonds. The maximum Gasteiger partial charge on any atom is 0.307 e. The van der Waals surface area contributed by atoms with E-state index in [-0.39, 0.29) is 12.0 Å². The second-order valence-electron chi connectivity index (χ2n) is 5.87. The van der Waals surface area contributed by atoms with E-state index < -0.39 is 5.97 Å². The summed E-state index contributed by atoms with van der Waals surface area (Å²) >= 11 is 0. The van der Waals surface area contributed by atoms with Crippen molar-refractivity contribution in [3.05, 3.63) is 34.4 Å². The summed E-state index contributed by atoms with van der Waals surface area (Å²) in [5, 5.41) is 12.5. The predicted molar refractivity (Wildman–Crippen MR) is 74.3 cm³/mol. The van der Waals surface area contributed by atoms with E-state index in [1.807, 2.05) is 0 Å². The van der Waals surface area contributed by atoms with Crippen molar-refractivity contribution >= 4 is 5.97 Å². The number of carboxylic acids is 1. The van der Waals surface area contributed by atoms with Crippen LogP contribution in [0.2, 0.25) is 0 Å². The number of aliphatic carboxylic acids is 1. The van der Waals surface area contributed by atoms with E-state index in [1.54, 1.807) is 0 Å². The molecular formula is C16H21NO2. The number of carboxylic acid groups (broad SMARTS) is 1. The smallest absolute Gasteiger partial charge is 0.307 e. The SMILES string of the molecule is Cc1ccc(C2CC(C(=O)O)CN2)c2c1CCCC2. The maximum atomic E-state index is 11.1. The van der Waals surface area contributed by atoms with Crippen LogP contribution in [0.1, 0.15) is 47.6 Å². The van der Waals surface area contributed by atoms with Gasteiger partial charge in [-0.1, -0.05) is 12.1 Å². The summed E-state index contributed by atoms with van der Waals surface area (Å²) < 4.78 is 0. The normalized spacial score (nSPS) is 26.2. The van der Waals surface area contributed by atoms with Gasteiger partial charge in [0.2, 0.25) is 0 Å². The highest BCUT2D eigenvalue weighted by Gasteiger charge is 2.32. The summed E-state index contributed by atoms with van der Waals surface area (Å²) in [6.45, 7) is 2.79. The van der Waals surface area contributed by atoms with Crippen molar-refractivity contribution in [2.75, 3.05) is 6.54 Å². The van der Waals surface area contributed by atoms with Crippen molar-refractivity contribution in [2.24, 2.45) is 5.92 Å². The molecule has 0 saturated carbocycles. The van der Waals surface area contributed by atoms with Crippen molar-refractivity contribution in [3.8, 4) is 0 Å². The lowest BCUT2D eigenvalue weighted by molar-refractivity contribution is -0.141. The summed E-state index contributed by atoms with van der Waals surface area (Å²) in [4.78, 5) is 11.1. The van der Waals surface area contributed by atoms with Crippen LogP contribution in [0, 0.1) is 12.8 Å². The van der Waals surface area contributed by atoms with Crippen LogP contribution in [0.4, 0.5) is 0 Å². The Bertz CT molecular complexity index is 510. The van der Waals surface area contributed by atoms with Gasteiger partial charge in [-0.05, 0) is 61.3 Å². The molecule has 2 atom stereocenters. The van der Waals surface area contributed by atoms with Crippen LogP contribution in [0.5, 0.6) is 0 Å². The number of carbonyl (C=O) groups is 1. The molecular weight excluding hydrogens is 238 g/mol. The molecule has 2 aliphatic rings. The molecule has 1 aliphatic carbocycles. The van der Waals surface area contributed by atoms with Gasteiger partial charge < -0.3 is 10.4 Å². The maximum absolute atomic E-state index is 11.1. The number of nitrogens with one attached hydrogen (secondary N) is 1. The van der Waals surface area contributed by atoms with Crippen molar-refractivity contribution in [2.45, 2.75) is 45.1 Å². The molecule has 2 N–H and O–H groups in total. The summed E-state index contributed by atoms with van der Waals surface area (Å²) in [6.07, 6.45) is 5.61. The predicted octanol–water partition coefficient (Wildman–Crippen LogP) is 2.61. The van der Waals surface area contributed by atoms with Crippen molar-refractivity contribution in [1.29, 1.82) is 0 Å². The summed E-state index contributed by atoms with van der Waals surface area (Å²) in [5.41, 5.74) is 5.76. The van der Waals surface area contributed by atoms with E-state index in [0.717, 1.165) is 12.8 Å². The fourth-order valence-corrected chi connectivity index (χ4v) is 3.56.